The molecule has 2 fully saturated rings. The Balaban J connectivity index is 1.11. The molecule has 5 rings (SSSR count). The maximum absolute atomic E-state index is 13.0. The van der Waals surface area contributed by atoms with E-state index in [-0.39, 0.29) is 11.8 Å². The minimum Gasteiger partial charge on any atom is -0.497 e. The van der Waals surface area contributed by atoms with Crippen LogP contribution in [-0.2, 0) is 24.4 Å². The van der Waals surface area contributed by atoms with E-state index in [1.807, 2.05) is 24.3 Å². The van der Waals surface area contributed by atoms with Crippen LogP contribution in [0.1, 0.15) is 42.7 Å². The number of amides is 1. The molecule has 190 valence electrons. The van der Waals surface area contributed by atoms with Crippen LogP contribution in [0.25, 0.3) is 11.4 Å². The van der Waals surface area contributed by atoms with Gasteiger partial charge in [-0.3, -0.25) is 14.6 Å². The summed E-state index contributed by atoms with van der Waals surface area (Å²) in [6.07, 6.45) is 4.47. The standard InChI is InChI=1S/C28H35N5O3/c1-35-25-11-9-23(10-12-25)27-30-26(36-31-27)20-33-15-5-8-24(19-33)28(34)29-17-21-6-4-7-22(16-21)18-32-13-2-3-14-32/h4,6-7,9-12,16,24H,2-3,5,8,13-15,17-20H2,1H3,(H,29,34). The fourth-order valence-corrected chi connectivity index (χ4v) is 5.15. The Labute approximate surface area is 212 Å². The Hall–Kier alpha value is -3.23. The SMILES string of the molecule is COc1ccc(-c2noc(CN3CCCC(C(=O)NCc4cccc(CN5CCCC5)c4)C3)n2)cc1. The lowest BCUT2D eigenvalue weighted by molar-refractivity contribution is -0.127. The van der Waals surface area contributed by atoms with Crippen molar-refractivity contribution in [1.29, 1.82) is 0 Å². The third-order valence-electron chi connectivity index (χ3n) is 7.11. The van der Waals surface area contributed by atoms with Gasteiger partial charge >= 0.3 is 0 Å². The molecule has 3 heterocycles. The molecule has 0 radical (unpaired) electrons. The number of ether oxygens (including phenoxy) is 1. The fourth-order valence-electron chi connectivity index (χ4n) is 5.15. The lowest BCUT2D eigenvalue weighted by atomic mass is 9.97. The molecule has 2 aromatic carbocycles. The Morgan fingerprint density at radius 1 is 1.03 bits per heavy atom. The minimum absolute atomic E-state index is 0.0319. The van der Waals surface area contributed by atoms with Crippen LogP contribution >= 0.6 is 0 Å². The molecule has 1 aromatic heterocycles. The number of carbonyl (C=O) groups is 1. The number of rotatable bonds is 9. The topological polar surface area (TPSA) is 83.7 Å². The molecule has 1 unspecified atom stereocenters. The molecule has 0 saturated carbocycles. The molecular formula is C28H35N5O3. The predicted molar refractivity (Wildman–Crippen MR) is 137 cm³/mol. The second-order valence-corrected chi connectivity index (χ2v) is 9.84. The number of likely N-dealkylation sites (tertiary alicyclic amines) is 2. The Morgan fingerprint density at radius 2 is 1.81 bits per heavy atom. The summed E-state index contributed by atoms with van der Waals surface area (Å²) in [5.41, 5.74) is 3.36. The van der Waals surface area contributed by atoms with Gasteiger partial charge in [0.2, 0.25) is 17.6 Å². The monoisotopic (exact) mass is 489 g/mol. The summed E-state index contributed by atoms with van der Waals surface area (Å²) in [6, 6.07) is 16.2. The van der Waals surface area contributed by atoms with E-state index >= 15 is 0 Å². The third-order valence-corrected chi connectivity index (χ3v) is 7.11. The van der Waals surface area contributed by atoms with Crippen molar-refractivity contribution in [1.82, 2.24) is 25.3 Å². The van der Waals surface area contributed by atoms with E-state index in [9.17, 15) is 4.79 Å². The van der Waals surface area contributed by atoms with Crippen molar-refractivity contribution in [3.8, 4) is 17.1 Å². The number of hydrogen-bond donors (Lipinski definition) is 1. The number of methoxy groups -OCH3 is 1. The zero-order valence-electron chi connectivity index (χ0n) is 21.0. The van der Waals surface area contributed by atoms with Crippen molar-refractivity contribution in [2.24, 2.45) is 5.92 Å². The Bertz CT molecular complexity index is 1140. The van der Waals surface area contributed by atoms with E-state index in [2.05, 4.69) is 49.5 Å². The summed E-state index contributed by atoms with van der Waals surface area (Å²) in [5.74, 6) is 2.00. The Morgan fingerprint density at radius 3 is 2.61 bits per heavy atom. The van der Waals surface area contributed by atoms with Crippen molar-refractivity contribution < 1.29 is 14.1 Å². The summed E-state index contributed by atoms with van der Waals surface area (Å²) >= 11 is 0. The van der Waals surface area contributed by atoms with Crippen molar-refractivity contribution >= 4 is 5.91 Å². The molecule has 3 aromatic rings. The van der Waals surface area contributed by atoms with Gasteiger partial charge in [0, 0.05) is 25.2 Å². The van der Waals surface area contributed by atoms with Crippen LogP contribution in [0.5, 0.6) is 5.75 Å². The first-order valence-corrected chi connectivity index (χ1v) is 12.9. The summed E-state index contributed by atoms with van der Waals surface area (Å²) in [6.45, 7) is 6.10. The van der Waals surface area contributed by atoms with Crippen LogP contribution in [0, 0.1) is 5.92 Å². The normalized spacial score (nSPS) is 18.9. The number of aromatic nitrogens is 2. The Kier molecular flexibility index (Phi) is 7.93. The number of hydrogen-bond acceptors (Lipinski definition) is 7. The van der Waals surface area contributed by atoms with Gasteiger partial charge in [-0.2, -0.15) is 4.98 Å². The van der Waals surface area contributed by atoms with Gasteiger partial charge in [0.05, 0.1) is 19.6 Å². The molecule has 0 aliphatic carbocycles. The van der Waals surface area contributed by atoms with Gasteiger partial charge in [-0.25, -0.2) is 0 Å². The maximum atomic E-state index is 13.0. The van der Waals surface area contributed by atoms with Crippen molar-refractivity contribution in [3.63, 3.8) is 0 Å². The highest BCUT2D eigenvalue weighted by atomic mass is 16.5. The minimum atomic E-state index is -0.0319. The van der Waals surface area contributed by atoms with E-state index < -0.39 is 0 Å². The van der Waals surface area contributed by atoms with Crippen LogP contribution < -0.4 is 10.1 Å². The summed E-state index contributed by atoms with van der Waals surface area (Å²) in [4.78, 5) is 22.3. The van der Waals surface area contributed by atoms with Gasteiger partial charge in [0.1, 0.15) is 5.75 Å². The average molecular weight is 490 g/mol. The van der Waals surface area contributed by atoms with E-state index in [1.165, 1.54) is 31.5 Å². The van der Waals surface area contributed by atoms with Crippen molar-refractivity contribution in [2.75, 3.05) is 33.3 Å². The highest BCUT2D eigenvalue weighted by Crippen LogP contribution is 2.22. The van der Waals surface area contributed by atoms with Gasteiger partial charge in [0.15, 0.2) is 0 Å². The van der Waals surface area contributed by atoms with E-state index in [0.717, 1.165) is 42.8 Å². The van der Waals surface area contributed by atoms with Crippen LogP contribution in [-0.4, -0.2) is 59.1 Å². The van der Waals surface area contributed by atoms with Crippen molar-refractivity contribution in [3.05, 3.63) is 65.5 Å². The lowest BCUT2D eigenvalue weighted by Gasteiger charge is -2.30. The molecule has 0 spiro atoms. The number of piperidine rings is 1. The molecule has 1 atom stereocenters. The van der Waals surface area contributed by atoms with Gasteiger partial charge in [-0.05, 0) is 80.7 Å². The van der Waals surface area contributed by atoms with Crippen LogP contribution in [0.15, 0.2) is 53.1 Å². The maximum Gasteiger partial charge on any atom is 0.241 e. The van der Waals surface area contributed by atoms with Crippen LogP contribution in [0.4, 0.5) is 0 Å². The largest absolute Gasteiger partial charge is 0.497 e. The van der Waals surface area contributed by atoms with Gasteiger partial charge in [-0.15, -0.1) is 0 Å². The van der Waals surface area contributed by atoms with Crippen LogP contribution in [0.3, 0.4) is 0 Å². The molecule has 2 aliphatic rings. The molecule has 8 nitrogen and oxygen atoms in total. The molecule has 0 bridgehead atoms. The first-order chi connectivity index (χ1) is 17.7. The number of nitrogens with zero attached hydrogens (tertiary/aromatic N) is 4. The van der Waals surface area contributed by atoms with Crippen molar-refractivity contribution in [2.45, 2.75) is 45.3 Å². The van der Waals surface area contributed by atoms with E-state index in [1.54, 1.807) is 7.11 Å². The average Bonchev–Trinajstić information content (AvgIpc) is 3.60. The van der Waals surface area contributed by atoms with Gasteiger partial charge in [-0.1, -0.05) is 29.4 Å². The summed E-state index contributed by atoms with van der Waals surface area (Å²) in [7, 11) is 1.64. The first-order valence-electron chi connectivity index (χ1n) is 12.9. The smallest absolute Gasteiger partial charge is 0.241 e. The molecule has 2 aliphatic heterocycles. The number of nitrogens with one attached hydrogen (secondary N) is 1. The molecule has 8 heteroatoms. The van der Waals surface area contributed by atoms with Crippen LogP contribution in [0.2, 0.25) is 0 Å². The molecule has 2 saturated heterocycles. The second kappa shape index (κ2) is 11.7. The zero-order valence-corrected chi connectivity index (χ0v) is 21.0. The summed E-state index contributed by atoms with van der Waals surface area (Å²) < 4.78 is 10.7. The third kappa shape index (κ3) is 6.30. The predicted octanol–water partition coefficient (Wildman–Crippen LogP) is 3.87. The van der Waals surface area contributed by atoms with E-state index in [0.29, 0.717) is 31.3 Å². The molecule has 1 amide bonds. The van der Waals surface area contributed by atoms with Gasteiger partial charge < -0.3 is 14.6 Å². The molecule has 1 N–H and O–H groups in total. The first kappa shape index (κ1) is 24.5. The lowest BCUT2D eigenvalue weighted by Crippen LogP contribution is -2.42. The highest BCUT2D eigenvalue weighted by molar-refractivity contribution is 5.79. The molecular weight excluding hydrogens is 454 g/mol. The molecule has 36 heavy (non-hydrogen) atoms. The number of benzene rings is 2. The van der Waals surface area contributed by atoms with E-state index in [4.69, 9.17) is 9.26 Å². The van der Waals surface area contributed by atoms with Gasteiger partial charge in [0.25, 0.3) is 0 Å². The quantitative estimate of drug-likeness (QED) is 0.489. The summed E-state index contributed by atoms with van der Waals surface area (Å²) in [5, 5.41) is 7.30. The zero-order chi connectivity index (χ0) is 24.7. The fraction of sp³-hybridized carbons (Fsp3) is 0.464. The second-order valence-electron chi connectivity index (χ2n) is 9.84. The highest BCUT2D eigenvalue weighted by Gasteiger charge is 2.27. The number of carbonyl (C=O) groups excluding carboxylic acids is 1.